The van der Waals surface area contributed by atoms with Gasteiger partial charge in [0, 0.05) is 35.5 Å². The number of carbonyl (C=O) groups is 1. The summed E-state index contributed by atoms with van der Waals surface area (Å²) in [5.74, 6) is -2.78. The molecule has 9 heteroatoms. The summed E-state index contributed by atoms with van der Waals surface area (Å²) in [7, 11) is 0. The monoisotopic (exact) mass is 348 g/mol. The fourth-order valence-corrected chi connectivity index (χ4v) is 2.91. The zero-order chi connectivity index (χ0) is 17.1. The summed E-state index contributed by atoms with van der Waals surface area (Å²) >= 11 is 1.21. The molecule has 24 heavy (non-hydrogen) atoms. The van der Waals surface area contributed by atoms with Gasteiger partial charge in [-0.3, -0.25) is 15.0 Å². The van der Waals surface area contributed by atoms with Crippen molar-refractivity contribution in [1.29, 1.82) is 0 Å². The third kappa shape index (κ3) is 3.26. The van der Waals surface area contributed by atoms with Gasteiger partial charge in [0.15, 0.2) is 0 Å². The molecule has 0 atom stereocenters. The van der Waals surface area contributed by atoms with Crippen LogP contribution < -0.4 is 5.48 Å². The highest BCUT2D eigenvalue weighted by Gasteiger charge is 2.17. The van der Waals surface area contributed by atoms with E-state index in [1.165, 1.54) is 16.8 Å². The van der Waals surface area contributed by atoms with Crippen molar-refractivity contribution in [1.82, 2.24) is 20.7 Å². The van der Waals surface area contributed by atoms with Crippen LogP contribution >= 0.6 is 11.3 Å². The normalized spacial score (nSPS) is 10.6. The van der Waals surface area contributed by atoms with Crippen LogP contribution in [0.1, 0.15) is 20.9 Å². The van der Waals surface area contributed by atoms with Crippen molar-refractivity contribution in [2.24, 2.45) is 0 Å². The lowest BCUT2D eigenvalue weighted by Crippen LogP contribution is -2.19. The maximum atomic E-state index is 14.1. The number of benzene rings is 1. The molecule has 0 aliphatic heterocycles. The maximum Gasteiger partial charge on any atom is 0.274 e. The molecule has 0 aliphatic carbocycles. The summed E-state index contributed by atoms with van der Waals surface area (Å²) in [5, 5.41) is 17.5. The minimum Gasteiger partial charge on any atom is -0.288 e. The number of halogens is 2. The minimum absolute atomic E-state index is 0.0958. The number of aromatic nitrogens is 3. The molecule has 0 bridgehead atoms. The highest BCUT2D eigenvalue weighted by Crippen LogP contribution is 2.26. The van der Waals surface area contributed by atoms with E-state index in [9.17, 15) is 13.6 Å². The van der Waals surface area contributed by atoms with Crippen molar-refractivity contribution in [3.63, 3.8) is 0 Å². The molecule has 0 unspecified atom stereocenters. The second-order valence-corrected chi connectivity index (χ2v) is 5.84. The number of nitrogens with one attached hydrogen (secondary N) is 1. The second kappa shape index (κ2) is 6.77. The van der Waals surface area contributed by atoms with E-state index in [2.05, 4.69) is 15.2 Å². The maximum absolute atomic E-state index is 14.1. The molecule has 0 saturated heterocycles. The lowest BCUT2D eigenvalue weighted by atomic mass is 10.1. The predicted octanol–water partition coefficient (Wildman–Crippen LogP) is 2.59. The standard InChI is InChI=1S/C15H10F2N4O2S/c16-11-5-9(14(22)21-23)6-12(17)10(11)7-13-19-20-15(24-13)8-1-3-18-4-2-8/h1-6,23H,7H2,(H,21,22). The molecule has 3 aromatic rings. The van der Waals surface area contributed by atoms with Gasteiger partial charge >= 0.3 is 0 Å². The Morgan fingerprint density at radius 2 is 1.83 bits per heavy atom. The van der Waals surface area contributed by atoms with E-state index in [4.69, 9.17) is 5.21 Å². The Morgan fingerprint density at radius 1 is 1.17 bits per heavy atom. The Balaban J connectivity index is 1.87. The first-order valence-corrected chi connectivity index (χ1v) is 7.55. The molecular weight excluding hydrogens is 338 g/mol. The fourth-order valence-electron chi connectivity index (χ4n) is 2.05. The average molecular weight is 348 g/mol. The number of hydroxylamine groups is 1. The van der Waals surface area contributed by atoms with E-state index in [0.29, 0.717) is 10.0 Å². The molecule has 0 radical (unpaired) electrons. The average Bonchev–Trinajstić information content (AvgIpc) is 3.06. The Morgan fingerprint density at radius 3 is 2.46 bits per heavy atom. The summed E-state index contributed by atoms with van der Waals surface area (Å²) in [5.41, 5.74) is 1.60. The van der Waals surface area contributed by atoms with Crippen LogP contribution in [0.5, 0.6) is 0 Å². The van der Waals surface area contributed by atoms with E-state index in [0.717, 1.165) is 17.7 Å². The number of hydrogen-bond donors (Lipinski definition) is 2. The highest BCUT2D eigenvalue weighted by atomic mass is 32.1. The summed E-state index contributed by atoms with van der Waals surface area (Å²) in [6, 6.07) is 5.23. The molecular formula is C15H10F2N4O2S. The van der Waals surface area contributed by atoms with Gasteiger partial charge in [-0.1, -0.05) is 11.3 Å². The van der Waals surface area contributed by atoms with Crippen molar-refractivity contribution in [3.8, 4) is 10.6 Å². The third-order valence-electron chi connectivity index (χ3n) is 3.23. The number of amides is 1. The molecule has 2 heterocycles. The zero-order valence-corrected chi connectivity index (χ0v) is 12.8. The van der Waals surface area contributed by atoms with E-state index in [1.807, 2.05) is 0 Å². The smallest absolute Gasteiger partial charge is 0.274 e. The van der Waals surface area contributed by atoms with Gasteiger partial charge in [-0.05, 0) is 24.3 Å². The topological polar surface area (TPSA) is 88.0 Å². The Labute approximate surface area is 138 Å². The first kappa shape index (κ1) is 16.1. The van der Waals surface area contributed by atoms with Gasteiger partial charge in [-0.2, -0.15) is 0 Å². The SMILES string of the molecule is O=C(NO)c1cc(F)c(Cc2nnc(-c3ccncc3)s2)c(F)c1. The van der Waals surface area contributed by atoms with Crippen molar-refractivity contribution in [3.05, 3.63) is 64.4 Å². The van der Waals surface area contributed by atoms with Crippen LogP contribution in [0, 0.1) is 11.6 Å². The van der Waals surface area contributed by atoms with E-state index in [1.54, 1.807) is 24.5 Å². The van der Waals surface area contributed by atoms with Crippen LogP contribution in [-0.4, -0.2) is 26.3 Å². The molecule has 3 rings (SSSR count). The van der Waals surface area contributed by atoms with Gasteiger partial charge < -0.3 is 0 Å². The summed E-state index contributed by atoms with van der Waals surface area (Å²) in [6.07, 6.45) is 3.13. The first-order valence-electron chi connectivity index (χ1n) is 6.73. The van der Waals surface area contributed by atoms with Gasteiger partial charge in [0.25, 0.3) is 5.91 Å². The van der Waals surface area contributed by atoms with Crippen LogP contribution in [0.3, 0.4) is 0 Å². The van der Waals surface area contributed by atoms with Crippen LogP contribution in [0.4, 0.5) is 8.78 Å². The lowest BCUT2D eigenvalue weighted by Gasteiger charge is -2.05. The summed E-state index contributed by atoms with van der Waals surface area (Å²) in [6.45, 7) is 0. The molecule has 2 N–H and O–H groups in total. The molecule has 0 aliphatic rings. The van der Waals surface area contributed by atoms with Gasteiger partial charge in [-0.15, -0.1) is 10.2 Å². The van der Waals surface area contributed by atoms with Crippen LogP contribution in [0.2, 0.25) is 0 Å². The fraction of sp³-hybridized carbons (Fsp3) is 0.0667. The molecule has 6 nitrogen and oxygen atoms in total. The number of pyridine rings is 1. The van der Waals surface area contributed by atoms with E-state index < -0.39 is 17.5 Å². The molecule has 0 fully saturated rings. The number of nitrogens with zero attached hydrogens (tertiary/aromatic N) is 3. The minimum atomic E-state index is -0.991. The van der Waals surface area contributed by atoms with Crippen molar-refractivity contribution in [2.75, 3.05) is 0 Å². The number of carbonyl (C=O) groups excluding carboxylic acids is 1. The Bertz CT molecular complexity index is 863. The van der Waals surface area contributed by atoms with Crippen molar-refractivity contribution >= 4 is 17.2 Å². The summed E-state index contributed by atoms with van der Waals surface area (Å²) in [4.78, 5) is 15.1. The molecule has 0 spiro atoms. The predicted molar refractivity (Wildman–Crippen MR) is 81.6 cm³/mol. The van der Waals surface area contributed by atoms with Gasteiger partial charge in [0.05, 0.1) is 0 Å². The molecule has 1 amide bonds. The van der Waals surface area contributed by atoms with Crippen molar-refractivity contribution in [2.45, 2.75) is 6.42 Å². The third-order valence-corrected chi connectivity index (χ3v) is 4.20. The number of hydrogen-bond acceptors (Lipinski definition) is 6. The molecule has 2 aromatic heterocycles. The van der Waals surface area contributed by atoms with E-state index in [-0.39, 0.29) is 17.5 Å². The summed E-state index contributed by atoms with van der Waals surface area (Å²) < 4.78 is 28.1. The van der Waals surface area contributed by atoms with Crippen LogP contribution in [0.25, 0.3) is 10.6 Å². The highest BCUT2D eigenvalue weighted by molar-refractivity contribution is 7.14. The first-order chi connectivity index (χ1) is 11.6. The number of rotatable bonds is 4. The molecule has 1 aromatic carbocycles. The van der Waals surface area contributed by atoms with E-state index >= 15 is 0 Å². The van der Waals surface area contributed by atoms with Crippen LogP contribution in [-0.2, 0) is 6.42 Å². The molecule has 122 valence electrons. The zero-order valence-electron chi connectivity index (χ0n) is 12.0. The van der Waals surface area contributed by atoms with Gasteiger partial charge in [0.2, 0.25) is 0 Å². The van der Waals surface area contributed by atoms with Gasteiger partial charge in [0.1, 0.15) is 21.6 Å². The quantitative estimate of drug-likeness (QED) is 0.559. The molecule has 0 saturated carbocycles. The second-order valence-electron chi connectivity index (χ2n) is 4.77. The largest absolute Gasteiger partial charge is 0.288 e. The Hall–Kier alpha value is -2.78. The van der Waals surface area contributed by atoms with Gasteiger partial charge in [-0.25, -0.2) is 14.3 Å². The van der Waals surface area contributed by atoms with Crippen molar-refractivity contribution < 1.29 is 18.8 Å². The van der Waals surface area contributed by atoms with Crippen LogP contribution in [0.15, 0.2) is 36.7 Å². The Kier molecular flexibility index (Phi) is 4.54. The lowest BCUT2D eigenvalue weighted by molar-refractivity contribution is 0.0705.